The molecule has 2 aromatic rings. The summed E-state index contributed by atoms with van der Waals surface area (Å²) in [5, 5.41) is 0. The van der Waals surface area contributed by atoms with E-state index in [4.69, 9.17) is 4.74 Å². The predicted octanol–water partition coefficient (Wildman–Crippen LogP) is 1.82. The van der Waals surface area contributed by atoms with Gasteiger partial charge in [-0.3, -0.25) is 8.93 Å². The Hall–Kier alpha value is -2.14. The van der Waals surface area contributed by atoms with Crippen LogP contribution in [-0.2, 0) is 27.7 Å². The summed E-state index contributed by atoms with van der Waals surface area (Å²) in [6.45, 7) is 2.08. The van der Waals surface area contributed by atoms with Gasteiger partial charge in [-0.05, 0) is 55.4 Å². The smallest absolute Gasteiger partial charge is 0.229 e. The van der Waals surface area contributed by atoms with Crippen LogP contribution in [0.25, 0.3) is 0 Å². The summed E-state index contributed by atoms with van der Waals surface area (Å²) in [5.74, 6) is 0.673. The van der Waals surface area contributed by atoms with Crippen LogP contribution in [0.4, 0.5) is 11.4 Å². The molecule has 2 N–H and O–H groups in total. The average Bonchev–Trinajstić information content (AvgIpc) is 2.61. The molecule has 1 unspecified atom stereocenters. The van der Waals surface area contributed by atoms with E-state index in [1.165, 1.54) is 0 Å². The molecule has 0 aliphatic rings. The van der Waals surface area contributed by atoms with E-state index in [-0.39, 0.29) is 0 Å². The maximum atomic E-state index is 11.2. The second kappa shape index (κ2) is 10.4. The van der Waals surface area contributed by atoms with Gasteiger partial charge in [0.1, 0.15) is 12.4 Å². The Bertz CT molecular complexity index is 871. The zero-order valence-electron chi connectivity index (χ0n) is 15.8. The highest BCUT2D eigenvalue weighted by Crippen LogP contribution is 2.16. The lowest BCUT2D eigenvalue weighted by Crippen LogP contribution is -2.26. The standard InChI is InChI=1S/C18H25N3O5S2/c1-21(12-11-15-3-5-16(6-4-15)19-27(22)23)13-14-26-18-9-7-17(8-10-18)20-28(2,24)25/h3-10,19-20H,11-14H2,1-2H3,(H,22,23)/p-1. The first-order valence-corrected chi connectivity index (χ1v) is 11.5. The fourth-order valence-corrected chi connectivity index (χ4v) is 3.31. The zero-order valence-corrected chi connectivity index (χ0v) is 17.4. The fourth-order valence-electron chi connectivity index (χ4n) is 2.42. The van der Waals surface area contributed by atoms with Crippen molar-refractivity contribution in [2.45, 2.75) is 6.42 Å². The molecule has 0 heterocycles. The number of hydrogen-bond acceptors (Lipinski definition) is 6. The maximum absolute atomic E-state index is 11.2. The van der Waals surface area contributed by atoms with Crippen molar-refractivity contribution in [2.24, 2.45) is 0 Å². The fraction of sp³-hybridized carbons (Fsp3) is 0.333. The zero-order chi connectivity index (χ0) is 20.6. The Morgan fingerprint density at radius 2 is 1.64 bits per heavy atom. The minimum atomic E-state index is -3.28. The first-order valence-electron chi connectivity index (χ1n) is 8.55. The Morgan fingerprint density at radius 1 is 1.04 bits per heavy atom. The summed E-state index contributed by atoms with van der Waals surface area (Å²) >= 11 is -2.31. The highest BCUT2D eigenvalue weighted by atomic mass is 32.2. The molecule has 0 radical (unpaired) electrons. The third-order valence-electron chi connectivity index (χ3n) is 3.84. The molecule has 8 nitrogen and oxygen atoms in total. The van der Waals surface area contributed by atoms with Crippen LogP contribution >= 0.6 is 0 Å². The van der Waals surface area contributed by atoms with Crippen LogP contribution in [0.3, 0.4) is 0 Å². The van der Waals surface area contributed by atoms with Gasteiger partial charge in [-0.25, -0.2) is 8.42 Å². The molecule has 28 heavy (non-hydrogen) atoms. The second-order valence-corrected chi connectivity index (χ2v) is 8.76. The number of hydrogen-bond donors (Lipinski definition) is 2. The van der Waals surface area contributed by atoms with Gasteiger partial charge in [-0.15, -0.1) is 0 Å². The van der Waals surface area contributed by atoms with Crippen molar-refractivity contribution < 1.29 is 21.9 Å². The molecule has 0 aliphatic heterocycles. The van der Waals surface area contributed by atoms with E-state index in [0.29, 0.717) is 23.7 Å². The van der Waals surface area contributed by atoms with E-state index < -0.39 is 21.3 Å². The molecular weight excluding hydrogens is 402 g/mol. The summed E-state index contributed by atoms with van der Waals surface area (Å²) < 4.78 is 53.9. The molecule has 1 atom stereocenters. The SMILES string of the molecule is CN(CCOc1ccc(NS(C)(=O)=O)cc1)CCc1ccc(NS(=O)[O-])cc1. The Labute approximate surface area is 168 Å². The van der Waals surface area contributed by atoms with Gasteiger partial charge in [0.2, 0.25) is 10.0 Å². The molecule has 0 amide bonds. The number of nitrogens with one attached hydrogen (secondary N) is 2. The number of rotatable bonds is 11. The minimum Gasteiger partial charge on any atom is -0.755 e. The van der Waals surface area contributed by atoms with E-state index in [9.17, 15) is 17.2 Å². The van der Waals surface area contributed by atoms with Gasteiger partial charge in [-0.1, -0.05) is 12.1 Å². The normalized spacial score (nSPS) is 12.6. The van der Waals surface area contributed by atoms with Gasteiger partial charge >= 0.3 is 0 Å². The van der Waals surface area contributed by atoms with E-state index in [2.05, 4.69) is 14.3 Å². The van der Waals surface area contributed by atoms with E-state index >= 15 is 0 Å². The van der Waals surface area contributed by atoms with Crippen LogP contribution in [0.5, 0.6) is 5.75 Å². The Kier molecular flexibility index (Phi) is 8.24. The van der Waals surface area contributed by atoms with Crippen molar-refractivity contribution in [1.29, 1.82) is 0 Å². The van der Waals surface area contributed by atoms with Crippen molar-refractivity contribution in [3.8, 4) is 5.75 Å². The van der Waals surface area contributed by atoms with Gasteiger partial charge < -0.3 is 18.9 Å². The number of sulfonamides is 1. The minimum absolute atomic E-state index is 0.495. The number of likely N-dealkylation sites (N-methyl/N-ethyl adjacent to an activating group) is 1. The number of ether oxygens (including phenoxy) is 1. The van der Waals surface area contributed by atoms with Gasteiger partial charge in [0.05, 0.1) is 6.26 Å². The molecule has 154 valence electrons. The quantitative estimate of drug-likeness (QED) is 0.530. The molecule has 0 aliphatic carbocycles. The van der Waals surface area contributed by atoms with Crippen LogP contribution in [0.1, 0.15) is 5.56 Å². The molecule has 10 heteroatoms. The highest BCUT2D eigenvalue weighted by molar-refractivity contribution is 7.92. The summed E-state index contributed by atoms with van der Waals surface area (Å²) in [5.41, 5.74) is 2.15. The summed E-state index contributed by atoms with van der Waals surface area (Å²) in [7, 11) is -1.28. The molecule has 0 saturated heterocycles. The molecule has 0 spiro atoms. The van der Waals surface area contributed by atoms with Crippen molar-refractivity contribution in [1.82, 2.24) is 4.90 Å². The third kappa shape index (κ3) is 8.70. The summed E-state index contributed by atoms with van der Waals surface area (Å²) in [6.07, 6.45) is 1.94. The van der Waals surface area contributed by atoms with Crippen LogP contribution in [0.2, 0.25) is 0 Å². The van der Waals surface area contributed by atoms with Gasteiger partial charge in [0, 0.05) is 35.7 Å². The molecule has 2 rings (SSSR count). The molecule has 0 aromatic heterocycles. The molecular formula is C18H24N3O5S2-. The van der Waals surface area contributed by atoms with E-state index in [1.807, 2.05) is 19.2 Å². The lowest BCUT2D eigenvalue weighted by atomic mass is 10.1. The highest BCUT2D eigenvalue weighted by Gasteiger charge is 2.03. The first-order chi connectivity index (χ1) is 13.2. The van der Waals surface area contributed by atoms with Gasteiger partial charge in [0.15, 0.2) is 0 Å². The predicted molar refractivity (Wildman–Crippen MR) is 111 cm³/mol. The topological polar surface area (TPSA) is 111 Å². The second-order valence-electron chi connectivity index (χ2n) is 6.33. The lowest BCUT2D eigenvalue weighted by Gasteiger charge is -2.17. The largest absolute Gasteiger partial charge is 0.755 e. The van der Waals surface area contributed by atoms with Crippen molar-refractivity contribution in [3.63, 3.8) is 0 Å². The van der Waals surface area contributed by atoms with Crippen LogP contribution in [0, 0.1) is 0 Å². The Balaban J connectivity index is 1.69. The number of anilines is 2. The lowest BCUT2D eigenvalue weighted by molar-refractivity contribution is 0.239. The molecule has 0 saturated carbocycles. The summed E-state index contributed by atoms with van der Waals surface area (Å²) in [6, 6.07) is 14.0. The average molecular weight is 427 g/mol. The van der Waals surface area contributed by atoms with Crippen LogP contribution in [0.15, 0.2) is 48.5 Å². The number of nitrogens with zero attached hydrogens (tertiary/aromatic N) is 1. The van der Waals surface area contributed by atoms with Gasteiger partial charge in [0.25, 0.3) is 0 Å². The number of benzene rings is 2. The van der Waals surface area contributed by atoms with Crippen LogP contribution < -0.4 is 14.2 Å². The molecule has 0 bridgehead atoms. The Morgan fingerprint density at radius 3 is 2.21 bits per heavy atom. The van der Waals surface area contributed by atoms with E-state index in [0.717, 1.165) is 31.3 Å². The van der Waals surface area contributed by atoms with Crippen LogP contribution in [-0.4, -0.2) is 55.1 Å². The monoisotopic (exact) mass is 426 g/mol. The maximum Gasteiger partial charge on any atom is 0.229 e. The van der Waals surface area contributed by atoms with Crippen molar-refractivity contribution in [2.75, 3.05) is 42.4 Å². The van der Waals surface area contributed by atoms with Crippen molar-refractivity contribution in [3.05, 3.63) is 54.1 Å². The van der Waals surface area contributed by atoms with E-state index in [1.54, 1.807) is 36.4 Å². The summed E-state index contributed by atoms with van der Waals surface area (Å²) in [4.78, 5) is 2.14. The molecule has 0 fully saturated rings. The first kappa shape index (κ1) is 22.2. The van der Waals surface area contributed by atoms with Gasteiger partial charge in [-0.2, -0.15) is 0 Å². The third-order valence-corrected chi connectivity index (χ3v) is 4.85. The molecule has 2 aromatic carbocycles. The van der Waals surface area contributed by atoms with Crippen molar-refractivity contribution >= 4 is 32.7 Å².